The highest BCUT2D eigenvalue weighted by Crippen LogP contribution is 2.29. The van der Waals surface area contributed by atoms with E-state index in [2.05, 4.69) is 18.9 Å². The zero-order valence-corrected chi connectivity index (χ0v) is 13.9. The first-order chi connectivity index (χ1) is 10.0. The van der Waals surface area contributed by atoms with Gasteiger partial charge in [-0.05, 0) is 25.8 Å². The number of aliphatic hydroxyl groups excluding tert-OH is 1. The molecule has 0 saturated heterocycles. The molecule has 0 aliphatic carbocycles. The van der Waals surface area contributed by atoms with E-state index in [1.54, 1.807) is 4.90 Å². The molecule has 0 aromatic carbocycles. The topological polar surface area (TPSA) is 58.4 Å². The lowest BCUT2D eigenvalue weighted by Gasteiger charge is -2.29. The first-order valence-electron chi connectivity index (χ1n) is 7.38. The first-order valence-corrected chi connectivity index (χ1v) is 8.20. The third kappa shape index (κ3) is 2.96. The van der Waals surface area contributed by atoms with Crippen LogP contribution in [0.25, 0.3) is 10.2 Å². The Kier molecular flexibility index (Phi) is 5.00. The molecule has 21 heavy (non-hydrogen) atoms. The molecule has 0 fully saturated rings. The van der Waals surface area contributed by atoms with Crippen molar-refractivity contribution >= 4 is 27.5 Å². The highest BCUT2D eigenvalue weighted by molar-refractivity contribution is 7.20. The summed E-state index contributed by atoms with van der Waals surface area (Å²) in [4.78, 5) is 16.3. The van der Waals surface area contributed by atoms with Crippen LogP contribution < -0.4 is 0 Å². The minimum absolute atomic E-state index is 0.00623. The molecular formula is C15H23N3O2S. The second-order valence-corrected chi connectivity index (χ2v) is 6.26. The Morgan fingerprint density at radius 1 is 1.48 bits per heavy atom. The van der Waals surface area contributed by atoms with Crippen LogP contribution in [-0.2, 0) is 7.05 Å². The third-order valence-corrected chi connectivity index (χ3v) is 5.08. The van der Waals surface area contributed by atoms with Crippen molar-refractivity contribution in [1.82, 2.24) is 14.7 Å². The summed E-state index contributed by atoms with van der Waals surface area (Å²) in [5.41, 5.74) is 0.944. The molecule has 0 aliphatic rings. The zero-order valence-electron chi connectivity index (χ0n) is 13.1. The number of amides is 1. The second-order valence-electron chi connectivity index (χ2n) is 5.23. The van der Waals surface area contributed by atoms with Crippen LogP contribution in [0, 0.1) is 6.92 Å². The van der Waals surface area contributed by atoms with Crippen LogP contribution in [0.15, 0.2) is 6.07 Å². The normalized spacial score (nSPS) is 11.5. The fourth-order valence-corrected chi connectivity index (χ4v) is 3.82. The fourth-order valence-electron chi connectivity index (χ4n) is 2.74. The third-order valence-electron chi connectivity index (χ3n) is 3.89. The zero-order chi connectivity index (χ0) is 15.6. The van der Waals surface area contributed by atoms with Gasteiger partial charge in [0.25, 0.3) is 5.91 Å². The molecule has 2 aromatic heterocycles. The maximum atomic E-state index is 12.8. The summed E-state index contributed by atoms with van der Waals surface area (Å²) in [6, 6.07) is 2.10. The predicted octanol–water partition coefficient (Wildman–Crippen LogP) is 2.57. The van der Waals surface area contributed by atoms with Gasteiger partial charge in [-0.15, -0.1) is 11.3 Å². The number of hydrogen-bond acceptors (Lipinski definition) is 4. The lowest BCUT2D eigenvalue weighted by molar-refractivity contribution is 0.0627. The van der Waals surface area contributed by atoms with E-state index in [-0.39, 0.29) is 18.6 Å². The van der Waals surface area contributed by atoms with Crippen molar-refractivity contribution in [1.29, 1.82) is 0 Å². The average molecular weight is 309 g/mol. The van der Waals surface area contributed by atoms with Gasteiger partial charge in [-0.2, -0.15) is 5.10 Å². The van der Waals surface area contributed by atoms with E-state index < -0.39 is 0 Å². The van der Waals surface area contributed by atoms with E-state index in [4.69, 9.17) is 0 Å². The highest BCUT2D eigenvalue weighted by atomic mass is 32.1. The number of carbonyl (C=O) groups is 1. The number of carbonyl (C=O) groups excluding carboxylic acids is 1. The first kappa shape index (κ1) is 16.0. The lowest BCUT2D eigenvalue weighted by atomic mass is 10.1. The number of aryl methyl sites for hydroxylation is 2. The van der Waals surface area contributed by atoms with Gasteiger partial charge in [-0.25, -0.2) is 0 Å². The number of hydrogen-bond donors (Lipinski definition) is 1. The molecule has 1 amide bonds. The maximum absolute atomic E-state index is 12.8. The van der Waals surface area contributed by atoms with Gasteiger partial charge in [0.1, 0.15) is 4.83 Å². The van der Waals surface area contributed by atoms with E-state index in [0.717, 1.165) is 33.6 Å². The number of rotatable bonds is 6. The summed E-state index contributed by atoms with van der Waals surface area (Å²) in [7, 11) is 1.90. The number of aromatic nitrogens is 2. The van der Waals surface area contributed by atoms with Gasteiger partial charge < -0.3 is 10.0 Å². The molecular weight excluding hydrogens is 286 g/mol. The molecule has 2 aromatic rings. The number of fused-ring (bicyclic) bond motifs is 1. The molecule has 0 radical (unpaired) electrons. The molecule has 5 nitrogen and oxygen atoms in total. The van der Waals surface area contributed by atoms with Crippen molar-refractivity contribution in [3.8, 4) is 0 Å². The molecule has 1 N–H and O–H groups in total. The largest absolute Gasteiger partial charge is 0.395 e. The van der Waals surface area contributed by atoms with Crippen molar-refractivity contribution < 1.29 is 9.90 Å². The molecule has 2 rings (SSSR count). The van der Waals surface area contributed by atoms with Crippen LogP contribution in [0.4, 0.5) is 0 Å². The molecule has 0 atom stereocenters. The van der Waals surface area contributed by atoms with Gasteiger partial charge in [0.05, 0.1) is 17.2 Å². The van der Waals surface area contributed by atoms with Gasteiger partial charge in [0.2, 0.25) is 0 Å². The second kappa shape index (κ2) is 6.58. The Balaban J connectivity index is 2.36. The Labute approximate surface area is 129 Å². The number of aliphatic hydroxyl groups is 1. The van der Waals surface area contributed by atoms with E-state index in [1.165, 1.54) is 11.3 Å². The Morgan fingerprint density at radius 2 is 2.14 bits per heavy atom. The molecule has 0 saturated carbocycles. The van der Waals surface area contributed by atoms with Crippen molar-refractivity contribution in [2.45, 2.75) is 39.7 Å². The summed E-state index contributed by atoms with van der Waals surface area (Å²) in [5.74, 6) is 0.0124. The van der Waals surface area contributed by atoms with E-state index in [9.17, 15) is 9.90 Å². The van der Waals surface area contributed by atoms with E-state index in [1.807, 2.05) is 24.7 Å². The standard InChI is InChI=1S/C15H23N3O2S/c1-5-11(6-2)18(7-8-19)14(20)13-9-12-10(3)16-17(4)15(12)21-13/h9,11,19H,5-8H2,1-4H3. The van der Waals surface area contributed by atoms with E-state index >= 15 is 0 Å². The molecule has 0 aliphatic heterocycles. The van der Waals surface area contributed by atoms with Gasteiger partial charge in [-0.3, -0.25) is 9.48 Å². The van der Waals surface area contributed by atoms with Crippen LogP contribution in [0.3, 0.4) is 0 Å². The molecule has 0 bridgehead atoms. The molecule has 0 spiro atoms. The Morgan fingerprint density at radius 3 is 2.67 bits per heavy atom. The van der Waals surface area contributed by atoms with Crippen LogP contribution in [0.5, 0.6) is 0 Å². The molecule has 116 valence electrons. The summed E-state index contributed by atoms with van der Waals surface area (Å²) >= 11 is 1.47. The van der Waals surface area contributed by atoms with Crippen LogP contribution >= 0.6 is 11.3 Å². The van der Waals surface area contributed by atoms with Crippen molar-refractivity contribution in [2.75, 3.05) is 13.2 Å². The predicted molar refractivity (Wildman–Crippen MR) is 85.8 cm³/mol. The van der Waals surface area contributed by atoms with Crippen LogP contribution in [-0.4, -0.2) is 44.9 Å². The summed E-state index contributed by atoms with van der Waals surface area (Å²) in [6.45, 7) is 6.48. The monoisotopic (exact) mass is 309 g/mol. The molecule has 2 heterocycles. The van der Waals surface area contributed by atoms with Crippen LogP contribution in [0.1, 0.15) is 42.1 Å². The lowest BCUT2D eigenvalue weighted by Crippen LogP contribution is -2.41. The highest BCUT2D eigenvalue weighted by Gasteiger charge is 2.24. The number of nitrogens with zero attached hydrogens (tertiary/aromatic N) is 3. The van der Waals surface area contributed by atoms with Gasteiger partial charge in [0, 0.05) is 25.0 Å². The van der Waals surface area contributed by atoms with Gasteiger partial charge in [0.15, 0.2) is 0 Å². The average Bonchev–Trinajstić information content (AvgIpc) is 3.01. The fraction of sp³-hybridized carbons (Fsp3) is 0.600. The minimum Gasteiger partial charge on any atom is -0.395 e. The quantitative estimate of drug-likeness (QED) is 0.892. The molecule has 6 heteroatoms. The van der Waals surface area contributed by atoms with Gasteiger partial charge >= 0.3 is 0 Å². The van der Waals surface area contributed by atoms with E-state index in [0.29, 0.717) is 6.54 Å². The Hall–Kier alpha value is -1.40. The summed E-state index contributed by atoms with van der Waals surface area (Å²) in [5, 5.41) is 14.7. The SMILES string of the molecule is CCC(CC)N(CCO)C(=O)c1cc2c(C)nn(C)c2s1. The van der Waals surface area contributed by atoms with Gasteiger partial charge in [-0.1, -0.05) is 13.8 Å². The van der Waals surface area contributed by atoms with Crippen molar-refractivity contribution in [3.63, 3.8) is 0 Å². The summed E-state index contributed by atoms with van der Waals surface area (Å²) < 4.78 is 1.82. The van der Waals surface area contributed by atoms with Crippen molar-refractivity contribution in [3.05, 3.63) is 16.6 Å². The van der Waals surface area contributed by atoms with Crippen molar-refractivity contribution in [2.24, 2.45) is 7.05 Å². The number of thiophene rings is 1. The summed E-state index contributed by atoms with van der Waals surface area (Å²) in [6.07, 6.45) is 1.79. The maximum Gasteiger partial charge on any atom is 0.264 e. The molecule has 0 unspecified atom stereocenters. The smallest absolute Gasteiger partial charge is 0.264 e. The minimum atomic E-state index is -0.00623. The van der Waals surface area contributed by atoms with Crippen LogP contribution in [0.2, 0.25) is 0 Å². The Bertz CT molecular complexity index is 594.